The smallest absolute Gasteiger partial charge is 0.208 e. The molecule has 1 fully saturated rings. The first-order valence-corrected chi connectivity index (χ1v) is 13.0. The molecule has 5 rings (SSSR count). The molecule has 4 heterocycles. The van der Waals surface area contributed by atoms with E-state index in [-0.39, 0.29) is 0 Å². The summed E-state index contributed by atoms with van der Waals surface area (Å²) in [6.07, 6.45) is 7.09. The Hall–Kier alpha value is -3.49. The topological polar surface area (TPSA) is 75.2 Å². The van der Waals surface area contributed by atoms with Crippen LogP contribution in [0.1, 0.15) is 24.8 Å². The first-order chi connectivity index (χ1) is 17.3. The van der Waals surface area contributed by atoms with E-state index in [4.69, 9.17) is 9.72 Å². The number of aromatic nitrogens is 3. The fourth-order valence-corrected chi connectivity index (χ4v) is 4.96. The van der Waals surface area contributed by atoms with Crippen LogP contribution in [0, 0.1) is 0 Å². The van der Waals surface area contributed by atoms with E-state index in [1.54, 1.807) is 17.5 Å². The van der Waals surface area contributed by atoms with Gasteiger partial charge in [0.2, 0.25) is 5.06 Å². The molecule has 4 aromatic rings. The van der Waals surface area contributed by atoms with E-state index in [2.05, 4.69) is 44.6 Å². The molecule has 8 heteroatoms. The lowest BCUT2D eigenvalue weighted by Gasteiger charge is -2.15. The highest BCUT2D eigenvalue weighted by Gasteiger charge is 2.15. The number of likely N-dealkylation sites (tertiary alicyclic amines) is 1. The number of thiazole rings is 1. The fourth-order valence-electron chi connectivity index (χ4n) is 4.07. The van der Waals surface area contributed by atoms with Gasteiger partial charge in [0.25, 0.3) is 0 Å². The van der Waals surface area contributed by atoms with Gasteiger partial charge in [-0.25, -0.2) is 15.0 Å². The van der Waals surface area contributed by atoms with Crippen LogP contribution in [0.2, 0.25) is 0 Å². The molecule has 0 amide bonds. The highest BCUT2D eigenvalue weighted by molar-refractivity contribution is 7.14. The fraction of sp³-hybridized carbons (Fsp3) is 0.296. The molecule has 0 spiro atoms. The van der Waals surface area contributed by atoms with Crippen LogP contribution in [0.5, 0.6) is 10.8 Å². The molecule has 0 saturated carbocycles. The lowest BCUT2D eigenvalue weighted by Crippen LogP contribution is -2.25. The second-order valence-electron chi connectivity index (χ2n) is 8.47. The molecule has 0 bridgehead atoms. The zero-order chi connectivity index (χ0) is 23.9. The van der Waals surface area contributed by atoms with E-state index in [0.717, 1.165) is 52.3 Å². The number of hydrogen-bond donors (Lipinski definition) is 2. The van der Waals surface area contributed by atoms with Gasteiger partial charge in [0.15, 0.2) is 0 Å². The summed E-state index contributed by atoms with van der Waals surface area (Å²) >= 11 is 1.58. The van der Waals surface area contributed by atoms with Crippen LogP contribution in [0.25, 0.3) is 11.3 Å². The van der Waals surface area contributed by atoms with E-state index in [1.807, 2.05) is 48.7 Å². The Morgan fingerprint density at radius 1 is 1.00 bits per heavy atom. The summed E-state index contributed by atoms with van der Waals surface area (Å²) in [6.45, 7) is 6.54. The Labute approximate surface area is 210 Å². The molecule has 35 heavy (non-hydrogen) atoms. The minimum atomic E-state index is 0.672. The number of nitrogens with one attached hydrogen (secondary N) is 2. The number of pyridine rings is 2. The minimum Gasteiger partial charge on any atom is -0.444 e. The van der Waals surface area contributed by atoms with Crippen LogP contribution in [0.3, 0.4) is 0 Å². The molecule has 0 unspecified atom stereocenters. The number of benzene rings is 1. The van der Waals surface area contributed by atoms with Gasteiger partial charge in [-0.15, -0.1) is 0 Å². The van der Waals surface area contributed by atoms with Crippen molar-refractivity contribution in [3.63, 3.8) is 0 Å². The standard InChI is InChI=1S/C27H30N6OS/c1-2-25-32-26(20-8-4-3-5-9-20)27(35-25)34-22-12-13-29-24(18-22)31-23-11-10-21(19-30-23)28-14-17-33-15-6-7-16-33/h3-5,8-13,18-19,28H,2,6-7,14-17H2,1H3,(H,29,30,31). The molecule has 1 aliphatic rings. The number of nitrogens with zero attached hydrogens (tertiary/aromatic N) is 4. The van der Waals surface area contributed by atoms with Crippen molar-refractivity contribution in [2.45, 2.75) is 26.2 Å². The van der Waals surface area contributed by atoms with Crippen molar-refractivity contribution in [2.75, 3.05) is 36.8 Å². The van der Waals surface area contributed by atoms with Gasteiger partial charge in [-0.05, 0) is 50.6 Å². The van der Waals surface area contributed by atoms with Crippen LogP contribution in [-0.4, -0.2) is 46.0 Å². The molecule has 0 aliphatic carbocycles. The summed E-state index contributed by atoms with van der Waals surface area (Å²) in [6, 6.07) is 17.9. The van der Waals surface area contributed by atoms with Gasteiger partial charge in [0, 0.05) is 30.9 Å². The summed E-state index contributed by atoms with van der Waals surface area (Å²) in [4.78, 5) is 16.2. The summed E-state index contributed by atoms with van der Waals surface area (Å²) in [5.74, 6) is 2.10. The molecular formula is C27H30N6OS. The van der Waals surface area contributed by atoms with Crippen molar-refractivity contribution in [2.24, 2.45) is 0 Å². The average molecular weight is 487 g/mol. The molecule has 1 aromatic carbocycles. The molecule has 180 valence electrons. The van der Waals surface area contributed by atoms with Gasteiger partial charge in [0.1, 0.15) is 23.1 Å². The SMILES string of the molecule is CCc1nc(-c2ccccc2)c(Oc2ccnc(Nc3ccc(NCCN4CCCC4)cn3)c2)s1. The number of hydrogen-bond acceptors (Lipinski definition) is 8. The van der Waals surface area contributed by atoms with Crippen LogP contribution >= 0.6 is 11.3 Å². The second kappa shape index (κ2) is 11.3. The third-order valence-corrected chi connectivity index (χ3v) is 6.99. The highest BCUT2D eigenvalue weighted by Crippen LogP contribution is 2.38. The van der Waals surface area contributed by atoms with Gasteiger partial charge in [-0.1, -0.05) is 48.6 Å². The maximum absolute atomic E-state index is 6.27. The lowest BCUT2D eigenvalue weighted by atomic mass is 10.2. The van der Waals surface area contributed by atoms with Crippen molar-refractivity contribution >= 4 is 28.7 Å². The Bertz CT molecular complexity index is 1220. The molecule has 7 nitrogen and oxygen atoms in total. The lowest BCUT2D eigenvalue weighted by molar-refractivity contribution is 0.352. The van der Waals surface area contributed by atoms with E-state index in [1.165, 1.54) is 25.9 Å². The maximum Gasteiger partial charge on any atom is 0.208 e. The summed E-state index contributed by atoms with van der Waals surface area (Å²) in [5.41, 5.74) is 2.93. The third kappa shape index (κ3) is 6.15. The minimum absolute atomic E-state index is 0.672. The molecule has 3 aromatic heterocycles. The molecule has 0 radical (unpaired) electrons. The van der Waals surface area contributed by atoms with Gasteiger partial charge < -0.3 is 20.3 Å². The molecule has 1 aliphatic heterocycles. The van der Waals surface area contributed by atoms with E-state index in [9.17, 15) is 0 Å². The van der Waals surface area contributed by atoms with Crippen LogP contribution in [0.15, 0.2) is 67.0 Å². The maximum atomic E-state index is 6.27. The van der Waals surface area contributed by atoms with Crippen LogP contribution < -0.4 is 15.4 Å². The second-order valence-corrected chi connectivity index (χ2v) is 9.52. The zero-order valence-corrected chi connectivity index (χ0v) is 20.7. The monoisotopic (exact) mass is 486 g/mol. The molecule has 0 atom stereocenters. The Balaban J connectivity index is 1.22. The van der Waals surface area contributed by atoms with Crippen molar-refractivity contribution in [1.29, 1.82) is 0 Å². The van der Waals surface area contributed by atoms with Crippen molar-refractivity contribution in [1.82, 2.24) is 19.9 Å². The quantitative estimate of drug-likeness (QED) is 0.276. The van der Waals surface area contributed by atoms with Crippen molar-refractivity contribution in [3.8, 4) is 22.1 Å². The highest BCUT2D eigenvalue weighted by atomic mass is 32.1. The summed E-state index contributed by atoms with van der Waals surface area (Å²) in [7, 11) is 0. The third-order valence-electron chi connectivity index (χ3n) is 5.91. The Kier molecular flexibility index (Phi) is 7.50. The van der Waals surface area contributed by atoms with E-state index in [0.29, 0.717) is 11.6 Å². The number of aryl methyl sites for hydroxylation is 1. The van der Waals surface area contributed by atoms with Crippen molar-refractivity contribution in [3.05, 3.63) is 72.0 Å². The molecule has 1 saturated heterocycles. The first kappa shape index (κ1) is 23.3. The van der Waals surface area contributed by atoms with Crippen molar-refractivity contribution < 1.29 is 4.74 Å². The first-order valence-electron chi connectivity index (χ1n) is 12.1. The van der Waals surface area contributed by atoms with Gasteiger partial charge in [-0.3, -0.25) is 0 Å². The van der Waals surface area contributed by atoms with E-state index >= 15 is 0 Å². The average Bonchev–Trinajstić information content (AvgIpc) is 3.56. The predicted molar refractivity (Wildman–Crippen MR) is 143 cm³/mol. The summed E-state index contributed by atoms with van der Waals surface area (Å²) < 4.78 is 6.27. The van der Waals surface area contributed by atoms with Gasteiger partial charge in [-0.2, -0.15) is 0 Å². The number of ether oxygens (including phenoxy) is 1. The van der Waals surface area contributed by atoms with E-state index < -0.39 is 0 Å². The number of anilines is 3. The van der Waals surface area contributed by atoms with Crippen LogP contribution in [0.4, 0.5) is 17.3 Å². The van der Waals surface area contributed by atoms with Crippen LogP contribution in [-0.2, 0) is 6.42 Å². The molecular weight excluding hydrogens is 456 g/mol. The normalized spacial score (nSPS) is 13.6. The largest absolute Gasteiger partial charge is 0.444 e. The Morgan fingerprint density at radius 3 is 2.63 bits per heavy atom. The number of rotatable bonds is 10. The summed E-state index contributed by atoms with van der Waals surface area (Å²) in [5, 5.41) is 8.55. The molecule has 2 N–H and O–H groups in total. The van der Waals surface area contributed by atoms with Gasteiger partial charge in [0.05, 0.1) is 16.9 Å². The Morgan fingerprint density at radius 2 is 1.86 bits per heavy atom. The van der Waals surface area contributed by atoms with Gasteiger partial charge >= 0.3 is 0 Å². The predicted octanol–water partition coefficient (Wildman–Crippen LogP) is 6.21. The zero-order valence-electron chi connectivity index (χ0n) is 19.9.